The lowest BCUT2D eigenvalue weighted by Gasteiger charge is -2.31. The summed E-state index contributed by atoms with van der Waals surface area (Å²) in [6.45, 7) is 1.79. The number of carboxylic acids is 1. The van der Waals surface area contributed by atoms with Gasteiger partial charge in [-0.15, -0.1) is 12.4 Å². The summed E-state index contributed by atoms with van der Waals surface area (Å²) in [6, 6.07) is 0. The Morgan fingerprint density at radius 3 is 2.25 bits per heavy atom. The highest BCUT2D eigenvalue weighted by Gasteiger charge is 2.37. The van der Waals surface area contributed by atoms with Crippen molar-refractivity contribution >= 4 is 18.4 Å². The molecule has 1 fully saturated rings. The number of hydrogen-bond donors (Lipinski definition) is 3. The van der Waals surface area contributed by atoms with E-state index in [1.165, 1.54) is 0 Å². The zero-order valence-corrected chi connectivity index (χ0v) is 7.69. The Morgan fingerprint density at radius 2 is 2.00 bits per heavy atom. The van der Waals surface area contributed by atoms with E-state index in [1.807, 2.05) is 0 Å². The first-order valence-corrected chi connectivity index (χ1v) is 3.85. The van der Waals surface area contributed by atoms with Gasteiger partial charge in [0.15, 0.2) is 0 Å². The number of piperidine rings is 1. The predicted molar refractivity (Wildman–Crippen MR) is 48.5 cm³/mol. The molecule has 0 aromatic heterocycles. The minimum absolute atomic E-state index is 0. The van der Waals surface area contributed by atoms with Crippen LogP contribution in [0.2, 0.25) is 0 Å². The molecule has 4 nitrogen and oxygen atoms in total. The van der Waals surface area contributed by atoms with E-state index in [1.54, 1.807) is 0 Å². The molecular weight excluding hydrogens is 180 g/mol. The number of carbonyl (C=O) groups is 1. The molecular formula is C7H15ClN2O2. The van der Waals surface area contributed by atoms with Gasteiger partial charge in [-0.05, 0) is 25.9 Å². The van der Waals surface area contributed by atoms with Gasteiger partial charge >= 0.3 is 5.97 Å². The Morgan fingerprint density at radius 1 is 1.50 bits per heavy atom. The SMILES string of the molecule is Cl.NCC1(C(=O)O)CCNCC1. The van der Waals surface area contributed by atoms with Crippen LogP contribution in [0.5, 0.6) is 0 Å². The Labute approximate surface area is 77.9 Å². The van der Waals surface area contributed by atoms with Crippen LogP contribution in [-0.4, -0.2) is 30.7 Å². The number of nitrogens with two attached hydrogens (primary N) is 1. The van der Waals surface area contributed by atoms with Crippen molar-refractivity contribution in [1.29, 1.82) is 0 Å². The summed E-state index contributed by atoms with van der Waals surface area (Å²) in [5.41, 5.74) is 4.78. The van der Waals surface area contributed by atoms with Gasteiger partial charge < -0.3 is 16.2 Å². The van der Waals surface area contributed by atoms with Crippen LogP contribution in [-0.2, 0) is 4.79 Å². The molecule has 0 spiro atoms. The monoisotopic (exact) mass is 194 g/mol. The highest BCUT2D eigenvalue weighted by molar-refractivity contribution is 5.85. The Hall–Kier alpha value is -0.320. The zero-order chi connectivity index (χ0) is 8.32. The fourth-order valence-corrected chi connectivity index (χ4v) is 1.41. The van der Waals surface area contributed by atoms with Crippen LogP contribution in [0.25, 0.3) is 0 Å². The number of halogens is 1. The maximum Gasteiger partial charge on any atom is 0.311 e. The van der Waals surface area contributed by atoms with Crippen molar-refractivity contribution in [1.82, 2.24) is 5.32 Å². The van der Waals surface area contributed by atoms with E-state index in [4.69, 9.17) is 10.8 Å². The molecule has 0 aliphatic carbocycles. The van der Waals surface area contributed by atoms with Crippen molar-refractivity contribution in [2.24, 2.45) is 11.1 Å². The van der Waals surface area contributed by atoms with Gasteiger partial charge in [-0.25, -0.2) is 0 Å². The summed E-state index contributed by atoms with van der Waals surface area (Å²) in [5, 5.41) is 12.0. The minimum atomic E-state index is -0.749. The molecule has 72 valence electrons. The van der Waals surface area contributed by atoms with Crippen molar-refractivity contribution in [2.45, 2.75) is 12.8 Å². The van der Waals surface area contributed by atoms with E-state index in [0.717, 1.165) is 13.1 Å². The third-order valence-electron chi connectivity index (χ3n) is 2.41. The number of nitrogens with one attached hydrogen (secondary N) is 1. The van der Waals surface area contributed by atoms with Gasteiger partial charge in [0.1, 0.15) is 0 Å². The largest absolute Gasteiger partial charge is 0.481 e. The lowest BCUT2D eigenvalue weighted by molar-refractivity contribution is -0.149. The van der Waals surface area contributed by atoms with E-state index >= 15 is 0 Å². The van der Waals surface area contributed by atoms with Crippen LogP contribution in [0.1, 0.15) is 12.8 Å². The second-order valence-corrected chi connectivity index (χ2v) is 3.04. The van der Waals surface area contributed by atoms with Crippen LogP contribution in [0.15, 0.2) is 0 Å². The first-order chi connectivity index (χ1) is 5.21. The molecule has 0 amide bonds. The van der Waals surface area contributed by atoms with Gasteiger partial charge in [0.25, 0.3) is 0 Å². The van der Waals surface area contributed by atoms with Crippen molar-refractivity contribution in [3.63, 3.8) is 0 Å². The van der Waals surface area contributed by atoms with Crippen LogP contribution >= 0.6 is 12.4 Å². The summed E-state index contributed by atoms with van der Waals surface area (Å²) >= 11 is 0. The maximum absolute atomic E-state index is 10.8. The first-order valence-electron chi connectivity index (χ1n) is 3.85. The average molecular weight is 195 g/mol. The topological polar surface area (TPSA) is 75.4 Å². The summed E-state index contributed by atoms with van der Waals surface area (Å²) in [5.74, 6) is -0.749. The molecule has 12 heavy (non-hydrogen) atoms. The molecule has 1 heterocycles. The zero-order valence-electron chi connectivity index (χ0n) is 6.88. The van der Waals surface area contributed by atoms with Crippen molar-refractivity contribution in [2.75, 3.05) is 19.6 Å². The van der Waals surface area contributed by atoms with Crippen LogP contribution in [0, 0.1) is 5.41 Å². The van der Waals surface area contributed by atoms with Gasteiger partial charge in [0.05, 0.1) is 5.41 Å². The Bertz CT molecular complexity index is 157. The molecule has 4 N–H and O–H groups in total. The number of carboxylic acid groups (broad SMARTS) is 1. The number of rotatable bonds is 2. The van der Waals surface area contributed by atoms with Crippen LogP contribution < -0.4 is 11.1 Å². The molecule has 0 radical (unpaired) electrons. The third-order valence-corrected chi connectivity index (χ3v) is 2.41. The first kappa shape index (κ1) is 11.7. The molecule has 0 bridgehead atoms. The van der Waals surface area contributed by atoms with E-state index < -0.39 is 11.4 Å². The molecule has 0 unspecified atom stereocenters. The summed E-state index contributed by atoms with van der Waals surface area (Å²) in [4.78, 5) is 10.8. The van der Waals surface area contributed by atoms with Gasteiger partial charge in [0, 0.05) is 6.54 Å². The van der Waals surface area contributed by atoms with Crippen molar-refractivity contribution < 1.29 is 9.90 Å². The maximum atomic E-state index is 10.8. The fourth-order valence-electron chi connectivity index (χ4n) is 1.41. The van der Waals surface area contributed by atoms with Crippen LogP contribution in [0.4, 0.5) is 0 Å². The fraction of sp³-hybridized carbons (Fsp3) is 0.857. The average Bonchev–Trinajstić information content (AvgIpc) is 2.05. The molecule has 0 aromatic rings. The summed E-state index contributed by atoms with van der Waals surface area (Å²) in [6.07, 6.45) is 1.30. The van der Waals surface area contributed by atoms with Crippen molar-refractivity contribution in [3.8, 4) is 0 Å². The minimum Gasteiger partial charge on any atom is -0.481 e. The Balaban J connectivity index is 0.00000121. The lowest BCUT2D eigenvalue weighted by Crippen LogP contribution is -2.46. The van der Waals surface area contributed by atoms with Gasteiger partial charge in [-0.2, -0.15) is 0 Å². The number of hydrogen-bond acceptors (Lipinski definition) is 3. The van der Waals surface area contributed by atoms with Crippen LogP contribution in [0.3, 0.4) is 0 Å². The van der Waals surface area contributed by atoms with E-state index in [9.17, 15) is 4.79 Å². The molecule has 1 aliphatic heterocycles. The summed E-state index contributed by atoms with van der Waals surface area (Å²) < 4.78 is 0. The van der Waals surface area contributed by atoms with Gasteiger partial charge in [0.2, 0.25) is 0 Å². The lowest BCUT2D eigenvalue weighted by atomic mass is 9.79. The highest BCUT2D eigenvalue weighted by atomic mass is 35.5. The molecule has 1 rings (SSSR count). The quantitative estimate of drug-likeness (QED) is 0.570. The summed E-state index contributed by atoms with van der Waals surface area (Å²) in [7, 11) is 0. The van der Waals surface area contributed by atoms with E-state index in [-0.39, 0.29) is 19.0 Å². The molecule has 0 atom stereocenters. The van der Waals surface area contributed by atoms with Gasteiger partial charge in [-0.1, -0.05) is 0 Å². The normalized spacial score (nSPS) is 21.1. The molecule has 1 saturated heterocycles. The Kier molecular flexibility index (Phi) is 4.52. The molecule has 1 aliphatic rings. The van der Waals surface area contributed by atoms with E-state index in [2.05, 4.69) is 5.32 Å². The van der Waals surface area contributed by atoms with Gasteiger partial charge in [-0.3, -0.25) is 4.79 Å². The molecule has 5 heteroatoms. The van der Waals surface area contributed by atoms with E-state index in [0.29, 0.717) is 12.8 Å². The second kappa shape index (κ2) is 4.64. The molecule has 0 aromatic carbocycles. The molecule has 0 saturated carbocycles. The standard InChI is InChI=1S/C7H14N2O2.ClH/c8-5-7(6(10)11)1-3-9-4-2-7;/h9H,1-5,8H2,(H,10,11);1H. The predicted octanol–water partition coefficient (Wildman–Crippen LogP) is -0.179. The highest BCUT2D eigenvalue weighted by Crippen LogP contribution is 2.27. The van der Waals surface area contributed by atoms with Crippen molar-refractivity contribution in [3.05, 3.63) is 0 Å². The smallest absolute Gasteiger partial charge is 0.311 e. The third kappa shape index (κ3) is 2.09. The second-order valence-electron chi connectivity index (χ2n) is 3.04. The number of aliphatic carboxylic acids is 1.